The number of nitrogens with zero attached hydrogens (tertiary/aromatic N) is 3. The Morgan fingerprint density at radius 2 is 1.97 bits per heavy atom. The van der Waals surface area contributed by atoms with Crippen LogP contribution in [0, 0.1) is 5.82 Å². The van der Waals surface area contributed by atoms with Crippen LogP contribution in [0.5, 0.6) is 0 Å². The highest BCUT2D eigenvalue weighted by molar-refractivity contribution is 5.99. The smallest absolute Gasteiger partial charge is 0.290 e. The zero-order valence-electron chi connectivity index (χ0n) is 16.2. The summed E-state index contributed by atoms with van der Waals surface area (Å²) in [5.41, 5.74) is 0.776. The van der Waals surface area contributed by atoms with Gasteiger partial charge >= 0.3 is 0 Å². The minimum Gasteiger partial charge on any atom is -0.450 e. The molecule has 1 aromatic carbocycles. The molecule has 0 spiro atoms. The van der Waals surface area contributed by atoms with Gasteiger partial charge in [0.2, 0.25) is 5.76 Å². The Kier molecular flexibility index (Phi) is 4.80. The van der Waals surface area contributed by atoms with Gasteiger partial charge in [-0.05, 0) is 29.8 Å². The summed E-state index contributed by atoms with van der Waals surface area (Å²) in [6.45, 7) is 4.00. The highest BCUT2D eigenvalue weighted by Crippen LogP contribution is 2.37. The van der Waals surface area contributed by atoms with E-state index in [2.05, 4.69) is 9.88 Å². The number of fused-ring (bicyclic) bond motifs is 2. The van der Waals surface area contributed by atoms with Gasteiger partial charge in [0, 0.05) is 38.6 Å². The number of benzene rings is 1. The fourth-order valence-corrected chi connectivity index (χ4v) is 4.18. The first-order valence-corrected chi connectivity index (χ1v) is 9.91. The van der Waals surface area contributed by atoms with Crippen molar-refractivity contribution in [1.82, 2.24) is 14.8 Å². The summed E-state index contributed by atoms with van der Waals surface area (Å²) in [5.74, 6) is -0.841. The van der Waals surface area contributed by atoms with Gasteiger partial charge in [0.05, 0.1) is 30.2 Å². The Labute approximate surface area is 171 Å². The molecule has 154 valence electrons. The molecular weight excluding hydrogens is 389 g/mol. The molecule has 4 heterocycles. The van der Waals surface area contributed by atoms with Gasteiger partial charge in [-0.1, -0.05) is 6.07 Å². The molecule has 1 fully saturated rings. The van der Waals surface area contributed by atoms with E-state index in [0.717, 1.165) is 24.7 Å². The highest BCUT2D eigenvalue weighted by Gasteiger charge is 2.42. The first kappa shape index (κ1) is 18.9. The fourth-order valence-electron chi connectivity index (χ4n) is 4.18. The maximum Gasteiger partial charge on any atom is 0.290 e. The molecule has 0 bridgehead atoms. The van der Waals surface area contributed by atoms with Crippen LogP contribution in [-0.2, 0) is 4.74 Å². The molecule has 1 atom stereocenters. The second kappa shape index (κ2) is 7.62. The van der Waals surface area contributed by atoms with Crippen molar-refractivity contribution in [2.45, 2.75) is 6.04 Å². The van der Waals surface area contributed by atoms with E-state index in [-0.39, 0.29) is 33.6 Å². The summed E-state index contributed by atoms with van der Waals surface area (Å²) in [7, 11) is 0. The number of ether oxygens (including phenoxy) is 1. The molecule has 7 nitrogen and oxygen atoms in total. The molecule has 0 N–H and O–H groups in total. The third-order valence-corrected chi connectivity index (χ3v) is 5.69. The predicted octanol–water partition coefficient (Wildman–Crippen LogP) is 2.20. The number of carbonyl (C=O) groups is 1. The van der Waals surface area contributed by atoms with Gasteiger partial charge in [0.15, 0.2) is 5.43 Å². The summed E-state index contributed by atoms with van der Waals surface area (Å²) >= 11 is 0. The summed E-state index contributed by atoms with van der Waals surface area (Å²) in [4.78, 5) is 34.6. The summed E-state index contributed by atoms with van der Waals surface area (Å²) in [6.07, 6.45) is 3.28. The third-order valence-electron chi connectivity index (χ3n) is 5.69. The van der Waals surface area contributed by atoms with E-state index in [4.69, 9.17) is 9.15 Å². The van der Waals surface area contributed by atoms with E-state index in [1.54, 1.807) is 23.4 Å². The minimum atomic E-state index is -0.619. The second-order valence-electron chi connectivity index (χ2n) is 7.46. The largest absolute Gasteiger partial charge is 0.450 e. The van der Waals surface area contributed by atoms with Crippen molar-refractivity contribution in [3.05, 3.63) is 75.7 Å². The molecule has 8 heteroatoms. The normalized spacial score (nSPS) is 19.4. The number of aromatic nitrogens is 1. The highest BCUT2D eigenvalue weighted by atomic mass is 19.1. The van der Waals surface area contributed by atoms with Crippen LogP contribution in [0.2, 0.25) is 0 Å². The van der Waals surface area contributed by atoms with Crippen LogP contribution in [0.15, 0.2) is 51.9 Å². The summed E-state index contributed by atoms with van der Waals surface area (Å²) in [6, 6.07) is 6.73. The van der Waals surface area contributed by atoms with Crippen LogP contribution in [0.3, 0.4) is 0 Å². The number of hydrogen-bond donors (Lipinski definition) is 0. The molecule has 3 aromatic rings. The molecule has 5 rings (SSSR count). The van der Waals surface area contributed by atoms with Gasteiger partial charge in [-0.3, -0.25) is 19.5 Å². The predicted molar refractivity (Wildman–Crippen MR) is 107 cm³/mol. The zero-order chi connectivity index (χ0) is 20.7. The quantitative estimate of drug-likeness (QED) is 0.658. The Balaban J connectivity index is 1.60. The molecule has 0 radical (unpaired) electrons. The SMILES string of the molecule is O=C1c2oc3ccc(F)cc3c(=O)c2C(c2cccnc2)N1CCN1CCOCC1. The lowest BCUT2D eigenvalue weighted by Gasteiger charge is -2.30. The van der Waals surface area contributed by atoms with Crippen molar-refractivity contribution in [2.75, 3.05) is 39.4 Å². The fraction of sp³-hybridized carbons (Fsp3) is 0.318. The minimum absolute atomic E-state index is 0.0231. The maximum atomic E-state index is 13.8. The van der Waals surface area contributed by atoms with E-state index in [0.29, 0.717) is 26.3 Å². The first-order chi connectivity index (χ1) is 14.6. The summed E-state index contributed by atoms with van der Waals surface area (Å²) in [5, 5.41) is 0.130. The lowest BCUT2D eigenvalue weighted by molar-refractivity contribution is 0.0314. The number of halogens is 1. The van der Waals surface area contributed by atoms with Gasteiger partial charge in [0.25, 0.3) is 5.91 Å². The average molecular weight is 409 g/mol. The molecule has 0 aliphatic carbocycles. The van der Waals surface area contributed by atoms with Crippen molar-refractivity contribution in [3.8, 4) is 0 Å². The number of carbonyl (C=O) groups excluding carboxylic acids is 1. The monoisotopic (exact) mass is 409 g/mol. The molecule has 2 aliphatic heterocycles. The van der Waals surface area contributed by atoms with E-state index in [1.165, 1.54) is 12.1 Å². The number of morpholine rings is 1. The lowest BCUT2D eigenvalue weighted by atomic mass is 10.00. The van der Waals surface area contributed by atoms with Crippen LogP contribution in [0.25, 0.3) is 11.0 Å². The Bertz CT molecular complexity index is 1160. The van der Waals surface area contributed by atoms with Crippen molar-refractivity contribution >= 4 is 16.9 Å². The second-order valence-corrected chi connectivity index (χ2v) is 7.46. The molecule has 30 heavy (non-hydrogen) atoms. The van der Waals surface area contributed by atoms with E-state index >= 15 is 0 Å². The van der Waals surface area contributed by atoms with Gasteiger partial charge < -0.3 is 14.1 Å². The Morgan fingerprint density at radius 3 is 2.73 bits per heavy atom. The molecule has 2 aromatic heterocycles. The first-order valence-electron chi connectivity index (χ1n) is 9.91. The Hall–Kier alpha value is -3.10. The van der Waals surface area contributed by atoms with E-state index in [1.807, 2.05) is 6.07 Å². The van der Waals surface area contributed by atoms with Crippen LogP contribution in [0.1, 0.15) is 27.7 Å². The van der Waals surface area contributed by atoms with Crippen molar-refractivity contribution in [1.29, 1.82) is 0 Å². The van der Waals surface area contributed by atoms with E-state index < -0.39 is 11.9 Å². The number of rotatable bonds is 4. The molecule has 0 saturated carbocycles. The van der Waals surface area contributed by atoms with Crippen LogP contribution >= 0.6 is 0 Å². The molecule has 1 unspecified atom stereocenters. The average Bonchev–Trinajstić information content (AvgIpc) is 3.06. The number of hydrogen-bond acceptors (Lipinski definition) is 6. The zero-order valence-corrected chi connectivity index (χ0v) is 16.2. The molecule has 2 aliphatic rings. The van der Waals surface area contributed by atoms with Crippen molar-refractivity contribution in [3.63, 3.8) is 0 Å². The van der Waals surface area contributed by atoms with Crippen LogP contribution in [-0.4, -0.2) is 60.1 Å². The topological polar surface area (TPSA) is 75.9 Å². The molecule has 1 saturated heterocycles. The number of amides is 1. The van der Waals surface area contributed by atoms with Crippen LogP contribution in [0.4, 0.5) is 4.39 Å². The van der Waals surface area contributed by atoms with Crippen molar-refractivity contribution < 1.29 is 18.3 Å². The standard InChI is InChI=1S/C22H20FN3O4/c23-15-3-4-17-16(12-15)20(27)18-19(14-2-1-5-24-13-14)26(22(28)21(18)30-17)7-6-25-8-10-29-11-9-25/h1-5,12-13,19H,6-11H2. The Morgan fingerprint density at radius 1 is 1.13 bits per heavy atom. The molecule has 1 amide bonds. The van der Waals surface area contributed by atoms with Gasteiger partial charge in [-0.25, -0.2) is 4.39 Å². The maximum absolute atomic E-state index is 13.8. The molecular formula is C22H20FN3O4. The van der Waals surface area contributed by atoms with Gasteiger partial charge in [0.1, 0.15) is 11.4 Å². The summed E-state index contributed by atoms with van der Waals surface area (Å²) < 4.78 is 25.0. The lowest BCUT2D eigenvalue weighted by Crippen LogP contribution is -2.42. The van der Waals surface area contributed by atoms with Crippen molar-refractivity contribution in [2.24, 2.45) is 0 Å². The third kappa shape index (κ3) is 3.18. The number of pyridine rings is 1. The van der Waals surface area contributed by atoms with Gasteiger partial charge in [-0.2, -0.15) is 0 Å². The van der Waals surface area contributed by atoms with Gasteiger partial charge in [-0.15, -0.1) is 0 Å². The van der Waals surface area contributed by atoms with E-state index in [9.17, 15) is 14.0 Å². The van der Waals surface area contributed by atoms with Crippen LogP contribution < -0.4 is 5.43 Å².